The molecule has 0 saturated carbocycles. The van der Waals surface area contributed by atoms with Crippen LogP contribution in [0.15, 0.2) is 30.3 Å². The molecule has 0 saturated heterocycles. The molecule has 2 amide bonds. The van der Waals surface area contributed by atoms with Crippen LogP contribution in [0.3, 0.4) is 0 Å². The first-order valence-corrected chi connectivity index (χ1v) is 11.1. The third kappa shape index (κ3) is 4.35. The quantitative estimate of drug-likeness (QED) is 0.462. The van der Waals surface area contributed by atoms with Crippen molar-refractivity contribution in [2.24, 2.45) is 0 Å². The molecule has 1 aliphatic heterocycles. The van der Waals surface area contributed by atoms with Crippen molar-refractivity contribution in [2.75, 3.05) is 46.2 Å². The fraction of sp³-hybridized carbons (Fsp3) is 0.320. The van der Waals surface area contributed by atoms with Crippen LogP contribution in [0.2, 0.25) is 0 Å². The number of carbonyl (C=O) groups is 2. The molecule has 0 bridgehead atoms. The number of hydrogen-bond acceptors (Lipinski definition) is 8. The van der Waals surface area contributed by atoms with Gasteiger partial charge >= 0.3 is 0 Å². The van der Waals surface area contributed by atoms with Gasteiger partial charge in [0.25, 0.3) is 5.91 Å². The van der Waals surface area contributed by atoms with Gasteiger partial charge in [0.05, 0.1) is 47.7 Å². The van der Waals surface area contributed by atoms with Crippen LogP contribution < -0.4 is 34.3 Å². The standard InChI is InChI=1S/C25H28N4O7/c1-13-22(14-7-8-17(32-2)18(9-14)33-3)24-27-25(31)16(29(24)28-13)12-21(30)26-15-10-19(34-4)23(36-6)20(11-15)35-5/h7-11,16H,12H2,1-6H3,(H,26,30)(H,27,31). The predicted octanol–water partition coefficient (Wildman–Crippen LogP) is 3.42. The molecule has 0 spiro atoms. The average molecular weight is 497 g/mol. The summed E-state index contributed by atoms with van der Waals surface area (Å²) in [7, 11) is 7.60. The fourth-order valence-corrected chi connectivity index (χ4v) is 4.26. The number of methoxy groups -OCH3 is 5. The number of nitrogens with zero attached hydrogens (tertiary/aromatic N) is 2. The van der Waals surface area contributed by atoms with Gasteiger partial charge in [-0.25, -0.2) is 4.68 Å². The van der Waals surface area contributed by atoms with Gasteiger partial charge in [-0.2, -0.15) is 5.10 Å². The van der Waals surface area contributed by atoms with Crippen molar-refractivity contribution in [1.29, 1.82) is 0 Å². The van der Waals surface area contributed by atoms with Crippen molar-refractivity contribution in [1.82, 2.24) is 9.78 Å². The third-order valence-electron chi connectivity index (χ3n) is 5.92. The minimum Gasteiger partial charge on any atom is -0.493 e. The Balaban J connectivity index is 1.59. The number of aromatic nitrogens is 2. The second kappa shape index (κ2) is 10.1. The van der Waals surface area contributed by atoms with Crippen LogP contribution in [-0.4, -0.2) is 57.1 Å². The van der Waals surface area contributed by atoms with Crippen LogP contribution >= 0.6 is 0 Å². The van der Waals surface area contributed by atoms with Gasteiger partial charge in [0.1, 0.15) is 11.9 Å². The minimum absolute atomic E-state index is 0.123. The van der Waals surface area contributed by atoms with E-state index in [0.29, 0.717) is 45.9 Å². The molecule has 0 radical (unpaired) electrons. The molecule has 2 aromatic carbocycles. The number of anilines is 2. The van der Waals surface area contributed by atoms with E-state index in [4.69, 9.17) is 23.7 Å². The summed E-state index contributed by atoms with van der Waals surface area (Å²) in [6, 6.07) is 7.90. The maximum Gasteiger partial charge on any atom is 0.251 e. The lowest BCUT2D eigenvalue weighted by Gasteiger charge is -2.15. The normalized spacial score (nSPS) is 14.1. The van der Waals surface area contributed by atoms with Crippen molar-refractivity contribution in [2.45, 2.75) is 19.4 Å². The summed E-state index contributed by atoms with van der Waals surface area (Å²) >= 11 is 0. The molecule has 2 heterocycles. The van der Waals surface area contributed by atoms with Crippen molar-refractivity contribution < 1.29 is 33.3 Å². The topological polar surface area (TPSA) is 122 Å². The number of hydrogen-bond donors (Lipinski definition) is 2. The maximum atomic E-state index is 12.9. The molecular formula is C25H28N4O7. The lowest BCUT2D eigenvalue weighted by atomic mass is 10.1. The largest absolute Gasteiger partial charge is 0.493 e. The van der Waals surface area contributed by atoms with E-state index < -0.39 is 6.04 Å². The molecule has 4 rings (SSSR count). The molecule has 2 N–H and O–H groups in total. The summed E-state index contributed by atoms with van der Waals surface area (Å²) in [6.45, 7) is 1.84. The third-order valence-corrected chi connectivity index (χ3v) is 5.92. The zero-order chi connectivity index (χ0) is 26.0. The molecule has 1 atom stereocenters. The smallest absolute Gasteiger partial charge is 0.251 e. The van der Waals surface area contributed by atoms with Crippen molar-refractivity contribution in [3.05, 3.63) is 36.0 Å². The van der Waals surface area contributed by atoms with E-state index in [2.05, 4.69) is 15.7 Å². The highest BCUT2D eigenvalue weighted by Gasteiger charge is 2.36. The van der Waals surface area contributed by atoms with Gasteiger partial charge in [-0.1, -0.05) is 6.07 Å². The highest BCUT2D eigenvalue weighted by Crippen LogP contribution is 2.42. The summed E-state index contributed by atoms with van der Waals surface area (Å²) in [5, 5.41) is 10.2. The van der Waals surface area contributed by atoms with Crippen LogP contribution in [0.4, 0.5) is 11.5 Å². The van der Waals surface area contributed by atoms with E-state index in [9.17, 15) is 9.59 Å². The second-order valence-corrected chi connectivity index (χ2v) is 7.99. The number of carbonyl (C=O) groups excluding carboxylic acids is 2. The Hall–Kier alpha value is -4.41. The van der Waals surface area contributed by atoms with Gasteiger partial charge in [-0.15, -0.1) is 0 Å². The molecule has 1 aliphatic rings. The Kier molecular flexibility index (Phi) is 6.91. The number of rotatable bonds is 9. The molecule has 1 aromatic heterocycles. The van der Waals surface area contributed by atoms with E-state index in [1.807, 2.05) is 19.1 Å². The van der Waals surface area contributed by atoms with Crippen LogP contribution in [-0.2, 0) is 9.59 Å². The lowest BCUT2D eigenvalue weighted by Crippen LogP contribution is -2.23. The maximum absolute atomic E-state index is 12.9. The molecule has 0 aliphatic carbocycles. The zero-order valence-electron chi connectivity index (χ0n) is 20.9. The van der Waals surface area contributed by atoms with Gasteiger partial charge in [0.15, 0.2) is 23.0 Å². The SMILES string of the molecule is COc1ccc(-c2c(C)nn3c2NC(=O)C3CC(=O)Nc2cc(OC)c(OC)c(OC)c2)cc1OC. The number of aryl methyl sites for hydroxylation is 1. The summed E-state index contributed by atoms with van der Waals surface area (Å²) in [5.41, 5.74) is 2.69. The molecule has 190 valence electrons. The number of fused-ring (bicyclic) bond motifs is 1. The van der Waals surface area contributed by atoms with Crippen LogP contribution in [0, 0.1) is 6.92 Å². The second-order valence-electron chi connectivity index (χ2n) is 7.99. The predicted molar refractivity (Wildman–Crippen MR) is 133 cm³/mol. The number of nitrogens with one attached hydrogen (secondary N) is 2. The minimum atomic E-state index is -0.811. The highest BCUT2D eigenvalue weighted by atomic mass is 16.5. The monoisotopic (exact) mass is 496 g/mol. The molecule has 36 heavy (non-hydrogen) atoms. The molecule has 1 unspecified atom stereocenters. The van der Waals surface area contributed by atoms with Gasteiger partial charge in [0.2, 0.25) is 11.7 Å². The molecule has 11 nitrogen and oxygen atoms in total. The number of benzene rings is 2. The van der Waals surface area contributed by atoms with Gasteiger partial charge in [-0.3, -0.25) is 9.59 Å². The Morgan fingerprint density at radius 1 is 0.944 bits per heavy atom. The Bertz CT molecular complexity index is 1290. The van der Waals surface area contributed by atoms with Gasteiger partial charge in [-0.05, 0) is 24.6 Å². The molecule has 11 heteroatoms. The van der Waals surface area contributed by atoms with Gasteiger partial charge < -0.3 is 34.3 Å². The van der Waals surface area contributed by atoms with Crippen molar-refractivity contribution in [3.8, 4) is 39.9 Å². The fourth-order valence-electron chi connectivity index (χ4n) is 4.26. The first kappa shape index (κ1) is 24.7. The summed E-state index contributed by atoms with van der Waals surface area (Å²) in [4.78, 5) is 25.7. The number of amides is 2. The molecule has 0 fully saturated rings. The van der Waals surface area contributed by atoms with E-state index in [0.717, 1.165) is 11.1 Å². The highest BCUT2D eigenvalue weighted by molar-refractivity contribution is 6.04. The lowest BCUT2D eigenvalue weighted by molar-refractivity contribution is -0.123. The van der Waals surface area contributed by atoms with Gasteiger partial charge in [0, 0.05) is 23.4 Å². The Morgan fingerprint density at radius 2 is 1.58 bits per heavy atom. The summed E-state index contributed by atoms with van der Waals surface area (Å²) in [6.07, 6.45) is -0.123. The zero-order valence-corrected chi connectivity index (χ0v) is 20.9. The Morgan fingerprint density at radius 3 is 2.17 bits per heavy atom. The van der Waals surface area contributed by atoms with Crippen molar-refractivity contribution >= 4 is 23.3 Å². The first-order valence-electron chi connectivity index (χ1n) is 11.1. The van der Waals surface area contributed by atoms with E-state index >= 15 is 0 Å². The Labute approximate surface area is 208 Å². The molecular weight excluding hydrogens is 468 g/mol. The summed E-state index contributed by atoms with van der Waals surface area (Å²) < 4.78 is 28.3. The summed E-state index contributed by atoms with van der Waals surface area (Å²) in [5.74, 6) is 2.18. The van der Waals surface area contributed by atoms with E-state index in [1.54, 1.807) is 37.1 Å². The van der Waals surface area contributed by atoms with E-state index in [1.165, 1.54) is 21.3 Å². The first-order chi connectivity index (χ1) is 17.3. The number of ether oxygens (including phenoxy) is 5. The average Bonchev–Trinajstić information content (AvgIpc) is 3.35. The van der Waals surface area contributed by atoms with Crippen LogP contribution in [0.5, 0.6) is 28.7 Å². The van der Waals surface area contributed by atoms with Crippen LogP contribution in [0.25, 0.3) is 11.1 Å². The molecule has 3 aromatic rings. The van der Waals surface area contributed by atoms with E-state index in [-0.39, 0.29) is 18.2 Å². The van der Waals surface area contributed by atoms with Crippen LogP contribution in [0.1, 0.15) is 18.2 Å². The van der Waals surface area contributed by atoms with Crippen molar-refractivity contribution in [3.63, 3.8) is 0 Å².